The number of ether oxygens (including phenoxy) is 1. The first-order chi connectivity index (χ1) is 13.7. The standard InChI is InChI=1S/C17H25FN6O4S/c1-20-9-16(28-3)21-7-6-15(25)22-11-4-5-13(18)12(8-11)14-10-29(26,27)24(2)17(19)23-14/h4-5,8-9,14-15,22,25H,6-7,10H2,1-3H3,(H2,19,23). The van der Waals surface area contributed by atoms with E-state index in [1.54, 1.807) is 7.05 Å². The van der Waals surface area contributed by atoms with Crippen molar-refractivity contribution in [2.45, 2.75) is 18.7 Å². The zero-order valence-corrected chi connectivity index (χ0v) is 17.2. The third-order valence-corrected chi connectivity index (χ3v) is 5.96. The van der Waals surface area contributed by atoms with Crippen molar-refractivity contribution >= 4 is 33.8 Å². The third kappa shape index (κ3) is 5.87. The number of hydrogen-bond acceptors (Lipinski definition) is 9. The van der Waals surface area contributed by atoms with E-state index in [4.69, 9.17) is 10.5 Å². The molecule has 1 aliphatic rings. The Hall–Kier alpha value is -2.73. The molecule has 0 bridgehead atoms. The molecule has 0 fully saturated rings. The molecular formula is C17H25FN6O4S. The first-order valence-electron chi connectivity index (χ1n) is 8.72. The highest BCUT2D eigenvalue weighted by Gasteiger charge is 2.32. The number of nitrogens with one attached hydrogen (secondary N) is 1. The molecule has 0 saturated carbocycles. The second-order valence-electron chi connectivity index (χ2n) is 6.25. The van der Waals surface area contributed by atoms with Gasteiger partial charge in [-0.2, -0.15) is 0 Å². The number of halogens is 1. The zero-order valence-electron chi connectivity index (χ0n) is 16.4. The van der Waals surface area contributed by atoms with E-state index < -0.39 is 33.9 Å². The largest absolute Gasteiger partial charge is 0.480 e. The molecule has 0 radical (unpaired) electrons. The van der Waals surface area contributed by atoms with Crippen LogP contribution in [0, 0.1) is 5.82 Å². The van der Waals surface area contributed by atoms with Crippen LogP contribution in [-0.4, -0.2) is 75.6 Å². The van der Waals surface area contributed by atoms with Crippen molar-refractivity contribution in [1.82, 2.24) is 4.31 Å². The van der Waals surface area contributed by atoms with Gasteiger partial charge in [-0.05, 0) is 18.2 Å². The van der Waals surface area contributed by atoms with Crippen LogP contribution < -0.4 is 11.1 Å². The molecular weight excluding hydrogens is 403 g/mol. The van der Waals surface area contributed by atoms with E-state index >= 15 is 0 Å². The van der Waals surface area contributed by atoms with Crippen LogP contribution in [0.2, 0.25) is 0 Å². The van der Waals surface area contributed by atoms with Crippen LogP contribution in [0.3, 0.4) is 0 Å². The van der Waals surface area contributed by atoms with Crippen molar-refractivity contribution in [3.63, 3.8) is 0 Å². The summed E-state index contributed by atoms with van der Waals surface area (Å²) in [7, 11) is 0.660. The maximum Gasteiger partial charge on any atom is 0.239 e. The highest BCUT2D eigenvalue weighted by Crippen LogP contribution is 2.29. The van der Waals surface area contributed by atoms with Gasteiger partial charge in [0.25, 0.3) is 0 Å². The molecule has 2 unspecified atom stereocenters. The summed E-state index contributed by atoms with van der Waals surface area (Å²) in [5, 5.41) is 13.0. The molecule has 0 spiro atoms. The molecule has 1 aromatic rings. The molecule has 10 nitrogen and oxygen atoms in total. The molecule has 12 heteroatoms. The predicted octanol–water partition coefficient (Wildman–Crippen LogP) is 0.323. The lowest BCUT2D eigenvalue weighted by Gasteiger charge is -2.27. The maximum absolute atomic E-state index is 14.3. The summed E-state index contributed by atoms with van der Waals surface area (Å²) in [6, 6.07) is 3.05. The predicted molar refractivity (Wildman–Crippen MR) is 110 cm³/mol. The van der Waals surface area contributed by atoms with Gasteiger partial charge in [-0.3, -0.25) is 9.98 Å². The van der Waals surface area contributed by atoms with Gasteiger partial charge in [0.1, 0.15) is 12.0 Å². The molecule has 0 aromatic heterocycles. The Labute approximate surface area is 169 Å². The maximum atomic E-state index is 14.3. The minimum Gasteiger partial charge on any atom is -0.480 e. The SMILES string of the molecule is CN=CC(=NCCC(O)Nc1ccc(F)c(C2CS(=O)(=O)N(C)C(N)=N2)c1)OC. The topological polar surface area (TPSA) is 142 Å². The highest BCUT2D eigenvalue weighted by molar-refractivity contribution is 7.89. The number of guanidine groups is 1. The molecule has 0 aliphatic carbocycles. The van der Waals surface area contributed by atoms with E-state index in [1.165, 1.54) is 38.6 Å². The first kappa shape index (κ1) is 22.6. The monoisotopic (exact) mass is 428 g/mol. The van der Waals surface area contributed by atoms with Crippen LogP contribution >= 0.6 is 0 Å². The third-order valence-electron chi connectivity index (χ3n) is 4.20. The lowest BCUT2D eigenvalue weighted by atomic mass is 10.1. The van der Waals surface area contributed by atoms with Crippen molar-refractivity contribution < 1.29 is 22.7 Å². The number of anilines is 1. The Morgan fingerprint density at radius 3 is 2.93 bits per heavy atom. The summed E-state index contributed by atoms with van der Waals surface area (Å²) < 4.78 is 44.5. The van der Waals surface area contributed by atoms with Gasteiger partial charge in [0.2, 0.25) is 21.9 Å². The van der Waals surface area contributed by atoms with Crippen molar-refractivity contribution in [1.29, 1.82) is 0 Å². The number of nitrogens with two attached hydrogens (primary N) is 1. The molecule has 2 atom stereocenters. The fraction of sp³-hybridized carbons (Fsp3) is 0.471. The summed E-state index contributed by atoms with van der Waals surface area (Å²) in [4.78, 5) is 12.0. The first-order valence-corrected chi connectivity index (χ1v) is 10.3. The molecule has 29 heavy (non-hydrogen) atoms. The van der Waals surface area contributed by atoms with Crippen LogP contribution in [0.5, 0.6) is 0 Å². The fourth-order valence-corrected chi connectivity index (χ4v) is 3.82. The summed E-state index contributed by atoms with van der Waals surface area (Å²) in [6.07, 6.45) is 0.738. The van der Waals surface area contributed by atoms with E-state index in [2.05, 4.69) is 20.3 Å². The summed E-state index contributed by atoms with van der Waals surface area (Å²) in [5.74, 6) is -0.885. The fourth-order valence-electron chi connectivity index (χ4n) is 2.61. The average Bonchev–Trinajstić information content (AvgIpc) is 2.66. The van der Waals surface area contributed by atoms with Crippen LogP contribution in [0.25, 0.3) is 0 Å². The van der Waals surface area contributed by atoms with Crippen LogP contribution in [0.4, 0.5) is 10.1 Å². The van der Waals surface area contributed by atoms with Crippen molar-refractivity contribution in [3.05, 3.63) is 29.6 Å². The van der Waals surface area contributed by atoms with E-state index in [1.807, 2.05) is 0 Å². The number of nitrogens with zero attached hydrogens (tertiary/aromatic N) is 4. The van der Waals surface area contributed by atoms with Gasteiger partial charge in [0.15, 0.2) is 0 Å². The molecule has 0 saturated heterocycles. The molecule has 1 aromatic carbocycles. The quantitative estimate of drug-likeness (QED) is 0.324. The number of aliphatic hydroxyl groups is 1. The van der Waals surface area contributed by atoms with E-state index in [-0.39, 0.29) is 24.5 Å². The van der Waals surface area contributed by atoms with Gasteiger partial charge < -0.3 is 20.9 Å². The van der Waals surface area contributed by atoms with Crippen molar-refractivity contribution in [2.24, 2.45) is 20.7 Å². The Morgan fingerprint density at radius 1 is 1.59 bits per heavy atom. The molecule has 4 N–H and O–H groups in total. The van der Waals surface area contributed by atoms with Gasteiger partial charge in [-0.25, -0.2) is 22.1 Å². The average molecular weight is 428 g/mol. The second-order valence-corrected chi connectivity index (χ2v) is 8.29. The number of methoxy groups -OCH3 is 1. The molecule has 1 aliphatic heterocycles. The highest BCUT2D eigenvalue weighted by atomic mass is 32.2. The number of sulfonamides is 1. The lowest BCUT2D eigenvalue weighted by molar-refractivity contribution is 0.196. The number of rotatable bonds is 7. The molecule has 1 heterocycles. The summed E-state index contributed by atoms with van der Waals surface area (Å²) >= 11 is 0. The Morgan fingerprint density at radius 2 is 2.31 bits per heavy atom. The number of aliphatic hydroxyl groups excluding tert-OH is 1. The number of hydrogen-bond donors (Lipinski definition) is 3. The summed E-state index contributed by atoms with van der Waals surface area (Å²) in [6.45, 7) is 0.269. The molecule has 0 amide bonds. The Kier molecular flexibility index (Phi) is 7.51. The van der Waals surface area contributed by atoms with Crippen molar-refractivity contribution in [3.8, 4) is 0 Å². The van der Waals surface area contributed by atoms with Gasteiger partial charge in [0.05, 0.1) is 25.1 Å². The Bertz CT molecular complexity index is 918. The van der Waals surface area contributed by atoms with Crippen molar-refractivity contribution in [2.75, 3.05) is 38.8 Å². The number of aliphatic imine (C=N–C) groups is 3. The smallest absolute Gasteiger partial charge is 0.239 e. The van der Waals surface area contributed by atoms with Crippen LogP contribution in [-0.2, 0) is 14.8 Å². The Balaban J connectivity index is 2.11. The van der Waals surface area contributed by atoms with Gasteiger partial charge in [-0.15, -0.1) is 0 Å². The summed E-state index contributed by atoms with van der Waals surface area (Å²) in [5.41, 5.74) is 6.13. The molecule has 2 rings (SSSR count). The van der Waals surface area contributed by atoms with E-state index in [0.29, 0.717) is 11.6 Å². The minimum absolute atomic E-state index is 0.0701. The second kappa shape index (κ2) is 9.65. The molecule has 160 valence electrons. The van der Waals surface area contributed by atoms with E-state index in [0.717, 1.165) is 4.31 Å². The van der Waals surface area contributed by atoms with Crippen LogP contribution in [0.15, 0.2) is 33.2 Å². The van der Waals surface area contributed by atoms with Crippen LogP contribution in [0.1, 0.15) is 18.0 Å². The number of benzene rings is 1. The van der Waals surface area contributed by atoms with Gasteiger partial charge in [0, 0.05) is 38.3 Å². The zero-order chi connectivity index (χ0) is 21.6. The van der Waals surface area contributed by atoms with E-state index in [9.17, 15) is 17.9 Å². The minimum atomic E-state index is -3.68. The van der Waals surface area contributed by atoms with Gasteiger partial charge in [-0.1, -0.05) is 0 Å². The normalized spacial score (nSPS) is 20.4. The lowest BCUT2D eigenvalue weighted by Crippen LogP contribution is -2.45. The van der Waals surface area contributed by atoms with Gasteiger partial charge >= 0.3 is 0 Å².